The number of carboxylic acid groups (broad SMARTS) is 1. The van der Waals surface area contributed by atoms with Crippen LogP contribution in [0.15, 0.2) is 60.7 Å². The summed E-state index contributed by atoms with van der Waals surface area (Å²) in [4.78, 5) is 25.5. The molecule has 6 nitrogen and oxygen atoms in total. The number of hydrogen-bond donors (Lipinski definition) is 1. The number of aryl methyl sites for hydroxylation is 1. The third-order valence-corrected chi connectivity index (χ3v) is 6.00. The molecule has 1 unspecified atom stereocenters. The van der Waals surface area contributed by atoms with Gasteiger partial charge in [0, 0.05) is 18.7 Å². The first-order valence-corrected chi connectivity index (χ1v) is 11.5. The van der Waals surface area contributed by atoms with Gasteiger partial charge in [0.15, 0.2) is 5.60 Å². The second-order valence-electron chi connectivity index (χ2n) is 9.33. The van der Waals surface area contributed by atoms with E-state index in [-0.39, 0.29) is 11.3 Å². The van der Waals surface area contributed by atoms with Gasteiger partial charge in [0.25, 0.3) is 5.91 Å². The number of carbonyl (C=O) groups excluding carboxylic acids is 1. The predicted octanol–water partition coefficient (Wildman–Crippen LogP) is 7.02. The average molecular weight is 534 g/mol. The highest BCUT2D eigenvalue weighted by atomic mass is 19.4. The van der Waals surface area contributed by atoms with Crippen molar-refractivity contribution < 1.29 is 41.7 Å². The minimum atomic E-state index is -4.51. The number of hydrogen-bond acceptors (Lipinski definition) is 4. The monoisotopic (exact) mass is 533 g/mol. The fourth-order valence-corrected chi connectivity index (χ4v) is 3.54. The lowest BCUT2D eigenvalue weighted by atomic mass is 10.0. The Morgan fingerprint density at radius 1 is 0.947 bits per heavy atom. The van der Waals surface area contributed by atoms with Crippen LogP contribution in [0.2, 0.25) is 0 Å². The summed E-state index contributed by atoms with van der Waals surface area (Å²) < 4.78 is 64.3. The highest BCUT2D eigenvalue weighted by Crippen LogP contribution is 2.33. The number of rotatable bonds is 8. The Labute approximate surface area is 217 Å². The molecule has 3 rings (SSSR count). The van der Waals surface area contributed by atoms with Gasteiger partial charge in [-0.1, -0.05) is 0 Å². The molecule has 38 heavy (non-hydrogen) atoms. The van der Waals surface area contributed by atoms with Gasteiger partial charge in [0.2, 0.25) is 0 Å². The van der Waals surface area contributed by atoms with Gasteiger partial charge in [0.05, 0.1) is 11.6 Å². The van der Waals surface area contributed by atoms with Crippen LogP contribution in [-0.2, 0) is 11.0 Å². The first kappa shape index (κ1) is 28.5. The van der Waals surface area contributed by atoms with Crippen LogP contribution in [-0.4, -0.2) is 34.5 Å². The lowest BCUT2D eigenvalue weighted by Crippen LogP contribution is -2.38. The molecule has 1 atom stereocenters. The van der Waals surface area contributed by atoms with Gasteiger partial charge < -0.3 is 19.5 Å². The Balaban J connectivity index is 1.78. The van der Waals surface area contributed by atoms with Crippen molar-refractivity contribution in [3.8, 4) is 17.2 Å². The van der Waals surface area contributed by atoms with E-state index in [1.54, 1.807) is 38.1 Å². The van der Waals surface area contributed by atoms with Crippen LogP contribution in [0.1, 0.15) is 53.9 Å². The molecule has 0 saturated heterocycles. The van der Waals surface area contributed by atoms with Crippen LogP contribution in [0, 0.1) is 12.7 Å². The minimum Gasteiger partial charge on any atom is -0.478 e. The van der Waals surface area contributed by atoms with E-state index >= 15 is 0 Å². The topological polar surface area (TPSA) is 76.1 Å². The molecule has 0 aliphatic rings. The van der Waals surface area contributed by atoms with Gasteiger partial charge in [-0.2, -0.15) is 13.2 Å². The molecule has 0 saturated carbocycles. The Kier molecular flexibility index (Phi) is 8.04. The smallest absolute Gasteiger partial charge is 0.416 e. The first-order valence-electron chi connectivity index (χ1n) is 11.5. The molecule has 0 fully saturated rings. The molecule has 0 aliphatic heterocycles. The number of amides is 1. The van der Waals surface area contributed by atoms with Crippen molar-refractivity contribution in [2.45, 2.75) is 45.5 Å². The highest BCUT2D eigenvalue weighted by Gasteiger charge is 2.31. The van der Waals surface area contributed by atoms with Gasteiger partial charge in [-0.15, -0.1) is 0 Å². The van der Waals surface area contributed by atoms with E-state index in [1.807, 2.05) is 0 Å². The van der Waals surface area contributed by atoms with Crippen LogP contribution in [0.25, 0.3) is 0 Å². The van der Waals surface area contributed by atoms with E-state index in [9.17, 15) is 32.3 Å². The fourth-order valence-electron chi connectivity index (χ4n) is 3.54. The summed E-state index contributed by atoms with van der Waals surface area (Å²) >= 11 is 0. The zero-order valence-corrected chi connectivity index (χ0v) is 21.4. The zero-order chi connectivity index (χ0) is 28.4. The Morgan fingerprint density at radius 3 is 2.13 bits per heavy atom. The maximum absolute atomic E-state index is 14.5. The Hall–Kier alpha value is -4.08. The third-order valence-electron chi connectivity index (χ3n) is 6.00. The number of carbonyl (C=O) groups is 2. The van der Waals surface area contributed by atoms with E-state index < -0.39 is 41.1 Å². The highest BCUT2D eigenvalue weighted by molar-refractivity contribution is 5.94. The molecular weight excluding hydrogens is 506 g/mol. The second-order valence-corrected chi connectivity index (χ2v) is 9.33. The molecule has 3 aromatic rings. The van der Waals surface area contributed by atoms with Crippen LogP contribution < -0.4 is 9.47 Å². The van der Waals surface area contributed by atoms with Crippen LogP contribution in [0.3, 0.4) is 0 Å². The number of halogens is 4. The summed E-state index contributed by atoms with van der Waals surface area (Å²) in [5.41, 5.74) is -1.24. The van der Waals surface area contributed by atoms with Crippen molar-refractivity contribution in [1.29, 1.82) is 0 Å². The van der Waals surface area contributed by atoms with Gasteiger partial charge in [-0.05, 0) is 93.4 Å². The number of nitrogens with zero attached hydrogens (tertiary/aromatic N) is 1. The average Bonchev–Trinajstić information content (AvgIpc) is 2.83. The molecular formula is C28H27F4NO5. The van der Waals surface area contributed by atoms with E-state index in [0.717, 1.165) is 24.3 Å². The molecule has 0 aliphatic carbocycles. The predicted molar refractivity (Wildman–Crippen MR) is 132 cm³/mol. The SMILES string of the molecule is Cc1cc(Oc2cc(F)cc(C(C)N(C)C(=O)c3ccc(C(F)(F)F)cc3)c2)ccc1OC(C)(C)C(=O)O. The van der Waals surface area contributed by atoms with Gasteiger partial charge in [-0.25, -0.2) is 9.18 Å². The van der Waals surface area contributed by atoms with Gasteiger partial charge in [-0.3, -0.25) is 4.79 Å². The minimum absolute atomic E-state index is 0.0593. The van der Waals surface area contributed by atoms with Gasteiger partial charge in [0.1, 0.15) is 23.1 Å². The lowest BCUT2D eigenvalue weighted by molar-refractivity contribution is -0.152. The van der Waals surface area contributed by atoms with Crippen molar-refractivity contribution in [2.75, 3.05) is 7.05 Å². The fraction of sp³-hybridized carbons (Fsp3) is 0.286. The summed E-state index contributed by atoms with van der Waals surface area (Å²) in [6, 6.07) is 11.9. The largest absolute Gasteiger partial charge is 0.478 e. The second kappa shape index (κ2) is 10.7. The number of benzene rings is 3. The summed E-state index contributed by atoms with van der Waals surface area (Å²) in [6.07, 6.45) is -4.51. The molecule has 1 amide bonds. The molecule has 0 aromatic heterocycles. The van der Waals surface area contributed by atoms with Crippen molar-refractivity contribution >= 4 is 11.9 Å². The number of carboxylic acids is 1. The standard InChI is InChI=1S/C28H27F4NO5/c1-16-12-22(10-11-24(16)38-27(3,4)26(35)36)37-23-14-19(13-21(29)15-23)17(2)33(5)25(34)18-6-8-20(9-7-18)28(30,31)32/h6-15,17H,1-5H3,(H,35,36). The maximum atomic E-state index is 14.5. The molecule has 0 radical (unpaired) electrons. The molecule has 0 heterocycles. The number of ether oxygens (including phenoxy) is 2. The number of aliphatic carboxylic acids is 1. The van der Waals surface area contributed by atoms with Gasteiger partial charge >= 0.3 is 12.1 Å². The van der Waals surface area contributed by atoms with E-state index in [0.29, 0.717) is 22.6 Å². The van der Waals surface area contributed by atoms with Crippen LogP contribution in [0.4, 0.5) is 17.6 Å². The van der Waals surface area contributed by atoms with E-state index in [1.165, 1.54) is 37.9 Å². The molecule has 0 bridgehead atoms. The Morgan fingerprint density at radius 2 is 1.58 bits per heavy atom. The first-order chi connectivity index (χ1) is 17.6. The van der Waals surface area contributed by atoms with Crippen molar-refractivity contribution in [1.82, 2.24) is 4.90 Å². The van der Waals surface area contributed by atoms with Crippen LogP contribution in [0.5, 0.6) is 17.2 Å². The van der Waals surface area contributed by atoms with Crippen molar-refractivity contribution in [2.24, 2.45) is 0 Å². The number of alkyl halides is 3. The Bertz CT molecular complexity index is 1340. The quantitative estimate of drug-likeness (QED) is 0.315. The normalized spacial score (nSPS) is 12.6. The summed E-state index contributed by atoms with van der Waals surface area (Å²) in [5.74, 6) is -1.42. The third kappa shape index (κ3) is 6.62. The van der Waals surface area contributed by atoms with E-state index in [4.69, 9.17) is 9.47 Å². The molecule has 10 heteroatoms. The van der Waals surface area contributed by atoms with Crippen molar-refractivity contribution in [3.63, 3.8) is 0 Å². The summed E-state index contributed by atoms with van der Waals surface area (Å²) in [7, 11) is 1.47. The lowest BCUT2D eigenvalue weighted by Gasteiger charge is -2.26. The molecule has 0 spiro atoms. The van der Waals surface area contributed by atoms with Crippen LogP contribution >= 0.6 is 0 Å². The maximum Gasteiger partial charge on any atom is 0.416 e. The zero-order valence-electron chi connectivity index (χ0n) is 21.4. The van der Waals surface area contributed by atoms with E-state index in [2.05, 4.69) is 0 Å². The molecule has 1 N–H and O–H groups in total. The molecule has 202 valence electrons. The van der Waals surface area contributed by atoms with Crippen molar-refractivity contribution in [3.05, 3.63) is 88.7 Å². The summed E-state index contributed by atoms with van der Waals surface area (Å²) in [6.45, 7) is 6.21. The molecule has 3 aromatic carbocycles. The summed E-state index contributed by atoms with van der Waals surface area (Å²) in [5, 5.41) is 9.27.